The van der Waals surface area contributed by atoms with Gasteiger partial charge in [-0.15, -0.1) is 0 Å². The lowest BCUT2D eigenvalue weighted by Gasteiger charge is -2.33. The van der Waals surface area contributed by atoms with E-state index in [1.807, 2.05) is 0 Å². The second kappa shape index (κ2) is 8.12. The molecule has 9 nitrogen and oxygen atoms in total. The second-order valence-electron chi connectivity index (χ2n) is 6.58. The van der Waals surface area contributed by atoms with Crippen molar-refractivity contribution in [2.45, 2.75) is 25.8 Å². The Kier molecular flexibility index (Phi) is 5.62. The summed E-state index contributed by atoms with van der Waals surface area (Å²) in [6, 6.07) is 5.75. The summed E-state index contributed by atoms with van der Waals surface area (Å²) in [5.74, 6) is -0.108. The highest BCUT2D eigenvalue weighted by Gasteiger charge is 2.26. The van der Waals surface area contributed by atoms with Gasteiger partial charge in [0, 0.05) is 37.0 Å². The van der Waals surface area contributed by atoms with Gasteiger partial charge in [-0.1, -0.05) is 0 Å². The predicted molar refractivity (Wildman–Crippen MR) is 100 cm³/mol. The van der Waals surface area contributed by atoms with Crippen molar-refractivity contribution >= 4 is 23.3 Å². The summed E-state index contributed by atoms with van der Waals surface area (Å²) in [6.45, 7) is 2.87. The molecule has 0 aliphatic carbocycles. The first-order chi connectivity index (χ1) is 13.4. The summed E-state index contributed by atoms with van der Waals surface area (Å²) in [4.78, 5) is 36.7. The zero-order chi connectivity index (χ0) is 20.3. The van der Waals surface area contributed by atoms with E-state index in [1.54, 1.807) is 17.9 Å². The fourth-order valence-corrected chi connectivity index (χ4v) is 3.27. The lowest BCUT2D eigenvalue weighted by atomic mass is 10.0. The van der Waals surface area contributed by atoms with E-state index in [-0.39, 0.29) is 23.2 Å². The summed E-state index contributed by atoms with van der Waals surface area (Å²) in [6.07, 6.45) is 2.86. The van der Waals surface area contributed by atoms with E-state index in [2.05, 4.69) is 5.32 Å². The fraction of sp³-hybridized carbons (Fsp3) is 0.368. The monoisotopic (exact) mass is 387 g/mol. The fourth-order valence-electron chi connectivity index (χ4n) is 3.27. The number of nitrogens with one attached hydrogen (secondary N) is 1. The van der Waals surface area contributed by atoms with Crippen LogP contribution in [0.1, 0.15) is 39.3 Å². The molecule has 0 radical (unpaired) electrons. The van der Waals surface area contributed by atoms with Crippen molar-refractivity contribution in [1.29, 1.82) is 0 Å². The van der Waals surface area contributed by atoms with Crippen LogP contribution in [0.5, 0.6) is 0 Å². The Morgan fingerprint density at radius 3 is 2.54 bits per heavy atom. The first kappa shape index (κ1) is 19.4. The Morgan fingerprint density at radius 2 is 1.96 bits per heavy atom. The topological polar surface area (TPSA) is 115 Å². The molecule has 1 aliphatic rings. The normalized spacial score (nSPS) is 14.6. The molecule has 2 heterocycles. The summed E-state index contributed by atoms with van der Waals surface area (Å²) in [7, 11) is 1.23. The smallest absolute Gasteiger partial charge is 0.340 e. The number of amides is 1. The van der Waals surface area contributed by atoms with Crippen molar-refractivity contribution in [3.05, 3.63) is 57.5 Å². The van der Waals surface area contributed by atoms with Gasteiger partial charge in [-0.3, -0.25) is 14.9 Å². The molecule has 1 aromatic heterocycles. The molecule has 1 aliphatic heterocycles. The summed E-state index contributed by atoms with van der Waals surface area (Å²) in [5, 5.41) is 14.2. The van der Waals surface area contributed by atoms with Gasteiger partial charge in [0.1, 0.15) is 5.76 Å². The molecular weight excluding hydrogens is 366 g/mol. The highest BCUT2D eigenvalue weighted by molar-refractivity contribution is 5.96. The van der Waals surface area contributed by atoms with Crippen LogP contribution < -0.4 is 5.32 Å². The molecule has 0 bridgehead atoms. The lowest BCUT2D eigenvalue weighted by Crippen LogP contribution is -2.42. The number of nitrogens with zero attached hydrogens (tertiary/aromatic N) is 2. The van der Waals surface area contributed by atoms with Crippen LogP contribution >= 0.6 is 0 Å². The van der Waals surface area contributed by atoms with Crippen molar-refractivity contribution in [2.75, 3.05) is 25.5 Å². The number of rotatable bonds is 5. The van der Waals surface area contributed by atoms with Crippen molar-refractivity contribution in [1.82, 2.24) is 4.90 Å². The number of ether oxygens (including phenoxy) is 1. The molecule has 9 heteroatoms. The van der Waals surface area contributed by atoms with Gasteiger partial charge in [0.2, 0.25) is 0 Å². The number of carbonyl (C=O) groups is 2. The molecular formula is C19H21N3O6. The van der Waals surface area contributed by atoms with Crippen LogP contribution in [0.15, 0.2) is 34.9 Å². The largest absolute Gasteiger partial charge is 0.469 e. The molecule has 0 atom stereocenters. The number of methoxy groups -OCH3 is 1. The number of piperidine rings is 1. The number of nitro benzene ring substituents is 1. The maximum absolute atomic E-state index is 12.6. The van der Waals surface area contributed by atoms with E-state index >= 15 is 0 Å². The Morgan fingerprint density at radius 1 is 1.25 bits per heavy atom. The maximum atomic E-state index is 12.6. The molecule has 148 valence electrons. The standard InChI is InChI=1S/C19H21N3O6/c1-12-15(7-10-28-12)18(23)21-8-5-13(6-9-21)20-17-4-3-14(22(25)26)11-16(17)19(24)27-2/h3-4,7,10-11,13,20H,5-6,8-9H2,1-2H3. The molecule has 0 saturated carbocycles. The predicted octanol–water partition coefficient (Wildman–Crippen LogP) is 3.00. The van der Waals surface area contributed by atoms with Crippen molar-refractivity contribution in [2.24, 2.45) is 0 Å². The zero-order valence-corrected chi connectivity index (χ0v) is 15.6. The molecule has 1 saturated heterocycles. The van der Waals surface area contributed by atoms with E-state index in [1.165, 1.54) is 31.6 Å². The van der Waals surface area contributed by atoms with E-state index in [9.17, 15) is 19.7 Å². The number of anilines is 1. The molecule has 3 rings (SSSR count). The first-order valence-corrected chi connectivity index (χ1v) is 8.87. The van der Waals surface area contributed by atoms with Gasteiger partial charge in [0.15, 0.2) is 0 Å². The minimum Gasteiger partial charge on any atom is -0.469 e. The molecule has 1 N–H and O–H groups in total. The second-order valence-corrected chi connectivity index (χ2v) is 6.58. The maximum Gasteiger partial charge on any atom is 0.340 e. The third kappa shape index (κ3) is 3.98. The number of nitro groups is 1. The van der Waals surface area contributed by atoms with Crippen LogP contribution in [0, 0.1) is 17.0 Å². The average Bonchev–Trinajstić information content (AvgIpc) is 3.13. The van der Waals surface area contributed by atoms with Gasteiger partial charge in [-0.2, -0.15) is 0 Å². The molecule has 1 amide bonds. The van der Waals surface area contributed by atoms with Crippen LogP contribution in [0.3, 0.4) is 0 Å². The van der Waals surface area contributed by atoms with Gasteiger partial charge in [0.05, 0.1) is 29.4 Å². The number of carbonyl (C=O) groups excluding carboxylic acids is 2. The van der Waals surface area contributed by atoms with Crippen molar-refractivity contribution < 1.29 is 23.7 Å². The third-order valence-corrected chi connectivity index (χ3v) is 4.85. The van der Waals surface area contributed by atoms with Crippen molar-refractivity contribution in [3.8, 4) is 0 Å². The number of furan rings is 1. The minimum atomic E-state index is -0.644. The van der Waals surface area contributed by atoms with E-state index < -0.39 is 10.9 Å². The Hall–Kier alpha value is -3.36. The van der Waals surface area contributed by atoms with Gasteiger partial charge >= 0.3 is 5.97 Å². The molecule has 1 fully saturated rings. The van der Waals surface area contributed by atoms with Crippen molar-refractivity contribution in [3.63, 3.8) is 0 Å². The minimum absolute atomic E-state index is 0.0272. The average molecular weight is 387 g/mol. The molecule has 1 aromatic carbocycles. The molecule has 0 spiro atoms. The summed E-state index contributed by atoms with van der Waals surface area (Å²) >= 11 is 0. The SMILES string of the molecule is COC(=O)c1cc([N+](=O)[O-])ccc1NC1CCN(C(=O)c2ccoc2C)CC1. The Labute approximate surface area is 161 Å². The van der Waals surface area contributed by atoms with E-state index in [4.69, 9.17) is 9.15 Å². The third-order valence-electron chi connectivity index (χ3n) is 4.85. The Bertz CT molecular complexity index is 899. The number of hydrogen-bond acceptors (Lipinski definition) is 7. The quantitative estimate of drug-likeness (QED) is 0.476. The highest BCUT2D eigenvalue weighted by Crippen LogP contribution is 2.26. The molecule has 0 unspecified atom stereocenters. The highest BCUT2D eigenvalue weighted by atomic mass is 16.6. The van der Waals surface area contributed by atoms with Gasteiger partial charge < -0.3 is 19.4 Å². The first-order valence-electron chi connectivity index (χ1n) is 8.87. The van der Waals surface area contributed by atoms with Crippen LogP contribution in [0.4, 0.5) is 11.4 Å². The molecule has 2 aromatic rings. The summed E-state index contributed by atoms with van der Waals surface area (Å²) in [5.41, 5.74) is 0.980. The number of hydrogen-bond donors (Lipinski definition) is 1. The van der Waals surface area contributed by atoms with E-state index in [0.717, 1.165) is 0 Å². The number of aryl methyl sites for hydroxylation is 1. The van der Waals surface area contributed by atoms with Gasteiger partial charge in [0.25, 0.3) is 11.6 Å². The number of esters is 1. The number of likely N-dealkylation sites (tertiary alicyclic amines) is 1. The van der Waals surface area contributed by atoms with Gasteiger partial charge in [-0.25, -0.2) is 4.79 Å². The van der Waals surface area contributed by atoms with Crippen LogP contribution in [-0.2, 0) is 4.74 Å². The van der Waals surface area contributed by atoms with Gasteiger partial charge in [-0.05, 0) is 31.9 Å². The van der Waals surface area contributed by atoms with Crippen LogP contribution in [0.25, 0.3) is 0 Å². The summed E-state index contributed by atoms with van der Waals surface area (Å²) < 4.78 is 9.94. The molecule has 28 heavy (non-hydrogen) atoms. The number of benzene rings is 1. The van der Waals surface area contributed by atoms with Crippen LogP contribution in [-0.4, -0.2) is 47.9 Å². The van der Waals surface area contributed by atoms with Crippen LogP contribution in [0.2, 0.25) is 0 Å². The number of non-ortho nitro benzene ring substituents is 1. The zero-order valence-electron chi connectivity index (χ0n) is 15.6. The van der Waals surface area contributed by atoms with E-state index in [0.29, 0.717) is 42.9 Å². The lowest BCUT2D eigenvalue weighted by molar-refractivity contribution is -0.384. The Balaban J connectivity index is 1.67.